The van der Waals surface area contributed by atoms with E-state index < -0.39 is 0 Å². The molecule has 0 spiro atoms. The summed E-state index contributed by atoms with van der Waals surface area (Å²) in [4.78, 5) is 10.2. The molecule has 0 heterocycles. The van der Waals surface area contributed by atoms with E-state index >= 15 is 0 Å². The molecular weight excluding hydrogens is 204 g/mol. The first-order chi connectivity index (χ1) is 7.76. The Balaban J connectivity index is 2.33. The highest BCUT2D eigenvalue weighted by atomic mass is 16.5. The summed E-state index contributed by atoms with van der Waals surface area (Å²) in [6.07, 6.45) is 2.38. The van der Waals surface area contributed by atoms with Gasteiger partial charge < -0.3 is 14.3 Å². The molecule has 16 heavy (non-hydrogen) atoms. The average Bonchev–Trinajstić information content (AvgIpc) is 2.34. The van der Waals surface area contributed by atoms with Gasteiger partial charge in [0.05, 0.1) is 19.8 Å². The van der Waals surface area contributed by atoms with Crippen molar-refractivity contribution in [2.45, 2.75) is 32.5 Å². The molecule has 0 fully saturated rings. The van der Waals surface area contributed by atoms with Gasteiger partial charge in [0.1, 0.15) is 12.0 Å². The topological polar surface area (TPSA) is 35.5 Å². The molecule has 0 N–H and O–H groups in total. The molecule has 1 rings (SSSR count). The van der Waals surface area contributed by atoms with Crippen molar-refractivity contribution >= 4 is 6.29 Å². The summed E-state index contributed by atoms with van der Waals surface area (Å²) < 4.78 is 10.7. The van der Waals surface area contributed by atoms with E-state index in [1.165, 1.54) is 0 Å². The zero-order chi connectivity index (χ0) is 11.8. The van der Waals surface area contributed by atoms with Gasteiger partial charge in [0, 0.05) is 6.42 Å². The van der Waals surface area contributed by atoms with Crippen molar-refractivity contribution in [1.29, 1.82) is 0 Å². The second-order valence-corrected chi connectivity index (χ2v) is 3.71. The number of carbonyl (C=O) groups excluding carboxylic acids is 1. The minimum atomic E-state index is 0.118. The van der Waals surface area contributed by atoms with Crippen LogP contribution in [0.15, 0.2) is 24.3 Å². The minimum Gasteiger partial charge on any atom is -0.497 e. The molecule has 1 aromatic rings. The monoisotopic (exact) mass is 222 g/mol. The van der Waals surface area contributed by atoms with Crippen molar-refractivity contribution < 1.29 is 14.3 Å². The summed E-state index contributed by atoms with van der Waals surface area (Å²) >= 11 is 0. The second-order valence-electron chi connectivity index (χ2n) is 3.71. The van der Waals surface area contributed by atoms with Crippen LogP contribution in [-0.2, 0) is 16.1 Å². The SMILES string of the molecule is COc1ccc(CO[C@H](C)CCC=O)cc1. The zero-order valence-corrected chi connectivity index (χ0v) is 9.81. The van der Waals surface area contributed by atoms with Crippen LogP contribution in [0.2, 0.25) is 0 Å². The lowest BCUT2D eigenvalue weighted by Gasteiger charge is -2.11. The second kappa shape index (κ2) is 7.01. The van der Waals surface area contributed by atoms with Gasteiger partial charge in [-0.15, -0.1) is 0 Å². The van der Waals surface area contributed by atoms with E-state index in [0.29, 0.717) is 13.0 Å². The highest BCUT2D eigenvalue weighted by Gasteiger charge is 2.02. The number of hydrogen-bond donors (Lipinski definition) is 0. The molecular formula is C13H18O3. The molecule has 3 heteroatoms. The Hall–Kier alpha value is -1.35. The fourth-order valence-corrected chi connectivity index (χ4v) is 1.35. The van der Waals surface area contributed by atoms with Crippen LogP contribution < -0.4 is 4.74 Å². The van der Waals surface area contributed by atoms with Gasteiger partial charge in [-0.2, -0.15) is 0 Å². The van der Waals surface area contributed by atoms with Gasteiger partial charge in [-0.05, 0) is 31.0 Å². The van der Waals surface area contributed by atoms with E-state index in [1.54, 1.807) is 7.11 Å². The maximum atomic E-state index is 10.2. The number of ether oxygens (including phenoxy) is 2. The third-order valence-corrected chi connectivity index (χ3v) is 2.38. The highest BCUT2D eigenvalue weighted by Crippen LogP contribution is 2.13. The molecule has 1 atom stereocenters. The number of aldehydes is 1. The number of benzene rings is 1. The largest absolute Gasteiger partial charge is 0.497 e. The van der Waals surface area contributed by atoms with Crippen LogP contribution >= 0.6 is 0 Å². The first kappa shape index (κ1) is 12.7. The third-order valence-electron chi connectivity index (χ3n) is 2.38. The van der Waals surface area contributed by atoms with E-state index in [9.17, 15) is 4.79 Å². The van der Waals surface area contributed by atoms with Crippen LogP contribution in [-0.4, -0.2) is 19.5 Å². The molecule has 0 aromatic heterocycles. The Bertz CT molecular complexity index is 305. The number of methoxy groups -OCH3 is 1. The van der Waals surface area contributed by atoms with Crippen LogP contribution in [0.1, 0.15) is 25.3 Å². The lowest BCUT2D eigenvalue weighted by molar-refractivity contribution is -0.108. The van der Waals surface area contributed by atoms with Gasteiger partial charge in [0.2, 0.25) is 0 Å². The molecule has 0 amide bonds. The molecule has 0 aliphatic heterocycles. The normalized spacial score (nSPS) is 12.1. The van der Waals surface area contributed by atoms with Gasteiger partial charge in [0.25, 0.3) is 0 Å². The Morgan fingerprint density at radius 1 is 1.31 bits per heavy atom. The predicted octanol–water partition coefficient (Wildman–Crippen LogP) is 2.58. The molecule has 0 saturated carbocycles. The Morgan fingerprint density at radius 2 is 2.00 bits per heavy atom. The minimum absolute atomic E-state index is 0.118. The average molecular weight is 222 g/mol. The van der Waals surface area contributed by atoms with Gasteiger partial charge in [0.15, 0.2) is 0 Å². The Kier molecular flexibility index (Phi) is 5.57. The van der Waals surface area contributed by atoms with Crippen molar-refractivity contribution in [3.63, 3.8) is 0 Å². The first-order valence-electron chi connectivity index (χ1n) is 5.44. The molecule has 0 unspecified atom stereocenters. The Labute approximate surface area is 96.4 Å². The van der Waals surface area contributed by atoms with Crippen LogP contribution in [0, 0.1) is 0 Å². The summed E-state index contributed by atoms with van der Waals surface area (Å²) in [6.45, 7) is 2.55. The predicted molar refractivity (Wildman–Crippen MR) is 62.5 cm³/mol. The van der Waals surface area contributed by atoms with Crippen molar-refractivity contribution in [2.75, 3.05) is 7.11 Å². The number of rotatable bonds is 7. The molecule has 0 aliphatic rings. The summed E-state index contributed by atoms with van der Waals surface area (Å²) in [5, 5.41) is 0. The quantitative estimate of drug-likeness (QED) is 0.665. The molecule has 0 bridgehead atoms. The first-order valence-corrected chi connectivity index (χ1v) is 5.44. The van der Waals surface area contributed by atoms with E-state index in [-0.39, 0.29) is 6.10 Å². The zero-order valence-electron chi connectivity index (χ0n) is 9.81. The molecule has 0 saturated heterocycles. The van der Waals surface area contributed by atoms with Crippen LogP contribution in [0.3, 0.4) is 0 Å². The van der Waals surface area contributed by atoms with E-state index in [4.69, 9.17) is 9.47 Å². The maximum Gasteiger partial charge on any atom is 0.120 e. The summed E-state index contributed by atoms with van der Waals surface area (Å²) in [6, 6.07) is 7.78. The third kappa shape index (κ3) is 4.45. The van der Waals surface area contributed by atoms with Gasteiger partial charge in [-0.25, -0.2) is 0 Å². The number of carbonyl (C=O) groups is 1. The molecule has 0 radical (unpaired) electrons. The maximum absolute atomic E-state index is 10.2. The smallest absolute Gasteiger partial charge is 0.120 e. The van der Waals surface area contributed by atoms with E-state index in [0.717, 1.165) is 24.0 Å². The lowest BCUT2D eigenvalue weighted by Crippen LogP contribution is -2.08. The van der Waals surface area contributed by atoms with Crippen molar-refractivity contribution in [2.24, 2.45) is 0 Å². The van der Waals surface area contributed by atoms with Gasteiger partial charge >= 0.3 is 0 Å². The van der Waals surface area contributed by atoms with E-state index in [2.05, 4.69) is 0 Å². The summed E-state index contributed by atoms with van der Waals surface area (Å²) in [5.74, 6) is 0.845. The van der Waals surface area contributed by atoms with Crippen molar-refractivity contribution in [3.05, 3.63) is 29.8 Å². The molecule has 3 nitrogen and oxygen atoms in total. The molecule has 0 aliphatic carbocycles. The van der Waals surface area contributed by atoms with Crippen molar-refractivity contribution in [1.82, 2.24) is 0 Å². The Morgan fingerprint density at radius 3 is 2.56 bits per heavy atom. The molecule has 1 aromatic carbocycles. The van der Waals surface area contributed by atoms with Gasteiger partial charge in [-0.3, -0.25) is 0 Å². The standard InChI is InChI=1S/C13H18O3/c1-11(4-3-9-14)16-10-12-5-7-13(15-2)8-6-12/h5-9,11H,3-4,10H2,1-2H3/t11-/m1/s1. The van der Waals surface area contributed by atoms with Crippen LogP contribution in [0.5, 0.6) is 5.75 Å². The van der Waals surface area contributed by atoms with Crippen LogP contribution in [0.4, 0.5) is 0 Å². The fourth-order valence-electron chi connectivity index (χ4n) is 1.35. The van der Waals surface area contributed by atoms with Crippen LogP contribution in [0.25, 0.3) is 0 Å². The lowest BCUT2D eigenvalue weighted by atomic mass is 10.2. The number of hydrogen-bond acceptors (Lipinski definition) is 3. The summed E-state index contributed by atoms with van der Waals surface area (Å²) in [7, 11) is 1.65. The highest BCUT2D eigenvalue weighted by molar-refractivity contribution is 5.49. The fraction of sp³-hybridized carbons (Fsp3) is 0.462. The van der Waals surface area contributed by atoms with E-state index in [1.807, 2.05) is 31.2 Å². The van der Waals surface area contributed by atoms with Gasteiger partial charge in [-0.1, -0.05) is 12.1 Å². The molecule has 88 valence electrons. The summed E-state index contributed by atoms with van der Waals surface area (Å²) in [5.41, 5.74) is 1.11. The van der Waals surface area contributed by atoms with Crippen molar-refractivity contribution in [3.8, 4) is 5.75 Å².